The van der Waals surface area contributed by atoms with Gasteiger partial charge in [-0.1, -0.05) is 6.92 Å². The van der Waals surface area contributed by atoms with Crippen LogP contribution in [-0.2, 0) is 16.0 Å². The molecule has 0 heterocycles. The highest BCUT2D eigenvalue weighted by atomic mass is 16.5. The van der Waals surface area contributed by atoms with Crippen molar-refractivity contribution in [2.75, 3.05) is 6.61 Å². The van der Waals surface area contributed by atoms with Crippen LogP contribution in [0.2, 0.25) is 0 Å². The lowest BCUT2D eigenvalue weighted by Crippen LogP contribution is -2.18. The van der Waals surface area contributed by atoms with E-state index in [9.17, 15) is 14.7 Å². The molecule has 1 N–H and O–H groups in total. The van der Waals surface area contributed by atoms with E-state index in [0.717, 1.165) is 0 Å². The van der Waals surface area contributed by atoms with Gasteiger partial charge in [0.15, 0.2) is 0 Å². The molecular weight excluding hydrogens is 208 g/mol. The molecule has 0 aliphatic rings. The molecule has 1 aromatic rings. The molecule has 16 heavy (non-hydrogen) atoms. The summed E-state index contributed by atoms with van der Waals surface area (Å²) in [5, 5.41) is 9.26. The Hall–Kier alpha value is -1.84. The third-order valence-electron chi connectivity index (χ3n) is 2.18. The average Bonchev–Trinajstić information content (AvgIpc) is 2.28. The molecule has 4 nitrogen and oxygen atoms in total. The highest BCUT2D eigenvalue weighted by Crippen LogP contribution is 2.18. The number of ketones is 1. The fourth-order valence-corrected chi connectivity index (χ4v) is 1.40. The molecule has 0 saturated heterocycles. The Kier molecular flexibility index (Phi) is 4.05. The third kappa shape index (κ3) is 2.59. The number of rotatable bonds is 4. The van der Waals surface area contributed by atoms with Gasteiger partial charge in [0, 0.05) is 5.56 Å². The quantitative estimate of drug-likeness (QED) is 0.478. The fraction of sp³-hybridized carbons (Fsp3) is 0.333. The van der Waals surface area contributed by atoms with Crippen LogP contribution in [0.25, 0.3) is 0 Å². The van der Waals surface area contributed by atoms with Gasteiger partial charge in [0.1, 0.15) is 5.75 Å². The maximum Gasteiger partial charge on any atom is 0.379 e. The highest BCUT2D eigenvalue weighted by molar-refractivity contribution is 6.41. The number of hydrogen-bond donors (Lipinski definition) is 1. The SMILES string of the molecule is CCOC(=O)C(=O)c1ccc(O)cc1CC. The number of Topliss-reactive ketones (excluding diaryl/α,β-unsaturated/α-hetero) is 1. The van der Waals surface area contributed by atoms with Crippen LogP contribution in [0, 0.1) is 0 Å². The van der Waals surface area contributed by atoms with Crippen molar-refractivity contribution in [3.05, 3.63) is 29.3 Å². The maximum atomic E-state index is 11.7. The summed E-state index contributed by atoms with van der Waals surface area (Å²) in [4.78, 5) is 22.9. The van der Waals surface area contributed by atoms with Crippen LogP contribution in [0.5, 0.6) is 5.75 Å². The van der Waals surface area contributed by atoms with Gasteiger partial charge >= 0.3 is 5.97 Å². The Bertz CT molecular complexity index is 409. The fourth-order valence-electron chi connectivity index (χ4n) is 1.40. The molecule has 4 heteroatoms. The van der Waals surface area contributed by atoms with Crippen LogP contribution in [0.3, 0.4) is 0 Å². The van der Waals surface area contributed by atoms with E-state index >= 15 is 0 Å². The zero-order valence-electron chi connectivity index (χ0n) is 9.32. The standard InChI is InChI=1S/C12H14O4/c1-3-8-7-9(13)5-6-10(8)11(14)12(15)16-4-2/h5-7,13H,3-4H2,1-2H3. The van der Waals surface area contributed by atoms with Crippen LogP contribution in [0.15, 0.2) is 18.2 Å². The highest BCUT2D eigenvalue weighted by Gasteiger charge is 2.20. The lowest BCUT2D eigenvalue weighted by Gasteiger charge is -2.06. The summed E-state index contributed by atoms with van der Waals surface area (Å²) in [6.45, 7) is 3.66. The molecule has 0 radical (unpaired) electrons. The minimum atomic E-state index is -0.858. The van der Waals surface area contributed by atoms with Crippen LogP contribution in [0.4, 0.5) is 0 Å². The van der Waals surface area contributed by atoms with Crippen LogP contribution in [0.1, 0.15) is 29.8 Å². The topological polar surface area (TPSA) is 63.6 Å². The summed E-state index contributed by atoms with van der Waals surface area (Å²) < 4.78 is 4.64. The lowest BCUT2D eigenvalue weighted by atomic mass is 10.0. The Morgan fingerprint density at radius 2 is 2.00 bits per heavy atom. The molecule has 0 bridgehead atoms. The van der Waals surface area contributed by atoms with E-state index in [4.69, 9.17) is 0 Å². The summed E-state index contributed by atoms with van der Waals surface area (Å²) in [7, 11) is 0. The summed E-state index contributed by atoms with van der Waals surface area (Å²) in [5.74, 6) is -1.45. The summed E-state index contributed by atoms with van der Waals surface area (Å²) in [6.07, 6.45) is 0.564. The van der Waals surface area contributed by atoms with Crippen molar-refractivity contribution in [1.29, 1.82) is 0 Å². The Morgan fingerprint density at radius 3 is 2.56 bits per heavy atom. The van der Waals surface area contributed by atoms with Crippen molar-refractivity contribution < 1.29 is 19.4 Å². The number of aryl methyl sites for hydroxylation is 1. The number of hydrogen-bond acceptors (Lipinski definition) is 4. The van der Waals surface area contributed by atoms with Crippen LogP contribution >= 0.6 is 0 Å². The third-order valence-corrected chi connectivity index (χ3v) is 2.18. The molecule has 0 aliphatic carbocycles. The lowest BCUT2D eigenvalue weighted by molar-refractivity contribution is -0.137. The van der Waals surface area contributed by atoms with Gasteiger partial charge in [-0.05, 0) is 37.1 Å². The van der Waals surface area contributed by atoms with Crippen molar-refractivity contribution >= 4 is 11.8 Å². The second kappa shape index (κ2) is 5.30. The number of phenols is 1. The van der Waals surface area contributed by atoms with E-state index < -0.39 is 11.8 Å². The first kappa shape index (κ1) is 12.2. The molecule has 0 aromatic heterocycles. The molecule has 0 fully saturated rings. The molecular formula is C12H14O4. The zero-order chi connectivity index (χ0) is 12.1. The molecule has 0 atom stereocenters. The summed E-state index contributed by atoms with van der Waals surface area (Å²) in [6, 6.07) is 4.30. The largest absolute Gasteiger partial charge is 0.508 e. The number of ether oxygens (including phenoxy) is 1. The van der Waals surface area contributed by atoms with Gasteiger partial charge in [-0.15, -0.1) is 0 Å². The van der Waals surface area contributed by atoms with E-state index in [0.29, 0.717) is 17.5 Å². The van der Waals surface area contributed by atoms with Crippen molar-refractivity contribution in [2.45, 2.75) is 20.3 Å². The predicted octanol–water partition coefficient (Wildman–Crippen LogP) is 1.70. The van der Waals surface area contributed by atoms with Gasteiger partial charge in [0.2, 0.25) is 0 Å². The van der Waals surface area contributed by atoms with E-state index in [1.165, 1.54) is 18.2 Å². The van der Waals surface area contributed by atoms with E-state index in [-0.39, 0.29) is 12.4 Å². The molecule has 0 unspecified atom stereocenters. The first-order valence-electron chi connectivity index (χ1n) is 5.13. The van der Waals surface area contributed by atoms with Crippen molar-refractivity contribution in [3.8, 4) is 5.75 Å². The van der Waals surface area contributed by atoms with Crippen molar-refractivity contribution in [3.63, 3.8) is 0 Å². The first-order valence-corrected chi connectivity index (χ1v) is 5.13. The minimum absolute atomic E-state index is 0.0808. The minimum Gasteiger partial charge on any atom is -0.508 e. The Morgan fingerprint density at radius 1 is 1.31 bits per heavy atom. The van der Waals surface area contributed by atoms with Crippen molar-refractivity contribution in [1.82, 2.24) is 0 Å². The Balaban J connectivity index is 3.03. The first-order chi connectivity index (χ1) is 7.60. The normalized spacial score (nSPS) is 9.88. The number of aromatic hydroxyl groups is 1. The Labute approximate surface area is 93.9 Å². The van der Waals surface area contributed by atoms with Gasteiger partial charge in [0.25, 0.3) is 5.78 Å². The van der Waals surface area contributed by atoms with Gasteiger partial charge < -0.3 is 9.84 Å². The van der Waals surface area contributed by atoms with Gasteiger partial charge in [-0.2, -0.15) is 0 Å². The second-order valence-electron chi connectivity index (χ2n) is 3.24. The van der Waals surface area contributed by atoms with Gasteiger partial charge in [-0.3, -0.25) is 4.79 Å². The molecule has 0 spiro atoms. The molecule has 0 amide bonds. The van der Waals surface area contributed by atoms with E-state index in [2.05, 4.69) is 4.74 Å². The van der Waals surface area contributed by atoms with E-state index in [1.54, 1.807) is 6.92 Å². The van der Waals surface area contributed by atoms with Crippen LogP contribution in [-0.4, -0.2) is 23.5 Å². The van der Waals surface area contributed by atoms with Crippen LogP contribution < -0.4 is 0 Å². The predicted molar refractivity (Wildman–Crippen MR) is 58.4 cm³/mol. The van der Waals surface area contributed by atoms with E-state index in [1.807, 2.05) is 6.92 Å². The molecule has 86 valence electrons. The number of phenolic OH excluding ortho intramolecular Hbond substituents is 1. The van der Waals surface area contributed by atoms with Crippen molar-refractivity contribution in [2.24, 2.45) is 0 Å². The second-order valence-corrected chi connectivity index (χ2v) is 3.24. The molecule has 1 aromatic carbocycles. The molecule has 0 aliphatic heterocycles. The number of carbonyl (C=O) groups excluding carboxylic acids is 2. The monoisotopic (exact) mass is 222 g/mol. The summed E-state index contributed by atoms with van der Waals surface area (Å²) in [5.41, 5.74) is 0.928. The maximum absolute atomic E-state index is 11.7. The number of carbonyl (C=O) groups is 2. The van der Waals surface area contributed by atoms with Gasteiger partial charge in [0.05, 0.1) is 6.61 Å². The average molecular weight is 222 g/mol. The number of esters is 1. The number of benzene rings is 1. The molecule has 1 rings (SSSR count). The zero-order valence-corrected chi connectivity index (χ0v) is 9.32. The molecule has 0 saturated carbocycles. The summed E-state index contributed by atoms with van der Waals surface area (Å²) >= 11 is 0. The van der Waals surface area contributed by atoms with Gasteiger partial charge in [-0.25, -0.2) is 4.79 Å². The smallest absolute Gasteiger partial charge is 0.379 e.